The van der Waals surface area contributed by atoms with E-state index in [2.05, 4.69) is 4.99 Å². The minimum absolute atomic E-state index is 0.174. The fraction of sp³-hybridized carbons (Fsp3) is 0.154. The molecular formula is C26H24ClN3O3. The van der Waals surface area contributed by atoms with E-state index in [9.17, 15) is 4.79 Å². The normalized spacial score (nSPS) is 11.2. The molecular weight excluding hydrogens is 438 g/mol. The highest BCUT2D eigenvalue weighted by atomic mass is 35.5. The van der Waals surface area contributed by atoms with Gasteiger partial charge in [0.1, 0.15) is 6.61 Å². The van der Waals surface area contributed by atoms with E-state index in [0.29, 0.717) is 28.8 Å². The highest BCUT2D eigenvalue weighted by Gasteiger charge is 2.15. The molecule has 0 amide bonds. The summed E-state index contributed by atoms with van der Waals surface area (Å²) in [7, 11) is 3.43. The van der Waals surface area contributed by atoms with E-state index < -0.39 is 0 Å². The average Bonchev–Trinajstić information content (AvgIpc) is 3.05. The van der Waals surface area contributed by atoms with E-state index in [1.807, 2.05) is 86.8 Å². The molecule has 0 aliphatic carbocycles. The summed E-state index contributed by atoms with van der Waals surface area (Å²) in [5, 5.41) is 0.684. The Kier molecular flexibility index (Phi) is 6.66. The van der Waals surface area contributed by atoms with E-state index in [1.54, 1.807) is 22.7 Å². The Morgan fingerprint density at radius 1 is 1.00 bits per heavy atom. The number of ether oxygens (including phenoxy) is 2. The van der Waals surface area contributed by atoms with Crippen molar-refractivity contribution in [1.29, 1.82) is 0 Å². The lowest BCUT2D eigenvalue weighted by molar-refractivity contribution is 0.284. The summed E-state index contributed by atoms with van der Waals surface area (Å²) in [6.45, 7) is 2.27. The predicted molar refractivity (Wildman–Crippen MR) is 132 cm³/mol. The third kappa shape index (κ3) is 4.86. The van der Waals surface area contributed by atoms with Crippen LogP contribution in [0.2, 0.25) is 5.02 Å². The molecule has 0 spiro atoms. The number of para-hydroxylation sites is 1. The number of methoxy groups -OCH3 is 1. The van der Waals surface area contributed by atoms with Gasteiger partial charge < -0.3 is 9.47 Å². The maximum atomic E-state index is 13.0. The topological polar surface area (TPSA) is 57.8 Å². The fourth-order valence-corrected chi connectivity index (χ4v) is 3.59. The van der Waals surface area contributed by atoms with E-state index in [1.165, 1.54) is 0 Å². The number of nitrogens with zero attached hydrogens (tertiary/aromatic N) is 3. The quantitative estimate of drug-likeness (QED) is 0.342. The molecule has 6 nitrogen and oxygen atoms in total. The first-order chi connectivity index (χ1) is 16.0. The highest BCUT2D eigenvalue weighted by Crippen LogP contribution is 2.29. The third-order valence-electron chi connectivity index (χ3n) is 5.36. The van der Waals surface area contributed by atoms with Crippen molar-refractivity contribution in [3.05, 3.63) is 105 Å². The second kappa shape index (κ2) is 9.79. The minimum atomic E-state index is -0.174. The van der Waals surface area contributed by atoms with Crippen LogP contribution in [0.1, 0.15) is 16.8 Å². The van der Waals surface area contributed by atoms with Gasteiger partial charge in [-0.25, -0.2) is 9.67 Å². The molecule has 0 bridgehead atoms. The number of rotatable bonds is 7. The second-order valence-electron chi connectivity index (χ2n) is 7.49. The Balaban J connectivity index is 1.56. The van der Waals surface area contributed by atoms with Crippen LogP contribution in [0.25, 0.3) is 5.69 Å². The Hall–Kier alpha value is -3.77. The third-order valence-corrected chi connectivity index (χ3v) is 5.61. The molecule has 0 saturated heterocycles. The van der Waals surface area contributed by atoms with Crippen LogP contribution < -0.4 is 15.0 Å². The molecule has 4 rings (SSSR count). The van der Waals surface area contributed by atoms with Crippen molar-refractivity contribution in [2.24, 2.45) is 12.0 Å². The Morgan fingerprint density at radius 2 is 1.73 bits per heavy atom. The Morgan fingerprint density at radius 3 is 2.42 bits per heavy atom. The number of halogens is 1. The van der Waals surface area contributed by atoms with Gasteiger partial charge >= 0.3 is 0 Å². The van der Waals surface area contributed by atoms with Gasteiger partial charge in [0.15, 0.2) is 17.2 Å². The molecule has 0 atom stereocenters. The number of benzene rings is 3. The largest absolute Gasteiger partial charge is 0.493 e. The minimum Gasteiger partial charge on any atom is -0.493 e. The molecule has 0 N–H and O–H groups in total. The van der Waals surface area contributed by atoms with Crippen LogP contribution in [0.15, 0.2) is 82.6 Å². The standard InChI is InChI=1S/C26H24ClN3O3/c1-18-25(26(31)30(29(18)2)22-7-5-4-6-8-22)28-16-20-11-14-23(24(15-20)32-3)33-17-19-9-12-21(27)13-10-19/h4-16H,17H2,1-3H3. The van der Waals surface area contributed by atoms with Crippen LogP contribution in [0, 0.1) is 6.92 Å². The molecule has 1 heterocycles. The lowest BCUT2D eigenvalue weighted by atomic mass is 10.2. The average molecular weight is 462 g/mol. The molecule has 4 aromatic rings. The van der Waals surface area contributed by atoms with Gasteiger partial charge in [-0.05, 0) is 60.5 Å². The van der Waals surface area contributed by atoms with Crippen molar-refractivity contribution in [3.63, 3.8) is 0 Å². The number of hydrogen-bond donors (Lipinski definition) is 0. The Labute approximate surface area is 197 Å². The first-order valence-electron chi connectivity index (χ1n) is 10.4. The fourth-order valence-electron chi connectivity index (χ4n) is 3.47. The van der Waals surface area contributed by atoms with Gasteiger partial charge in [-0.3, -0.25) is 9.48 Å². The monoisotopic (exact) mass is 461 g/mol. The predicted octanol–water partition coefficient (Wildman–Crippen LogP) is 5.48. The van der Waals surface area contributed by atoms with Crippen molar-refractivity contribution < 1.29 is 9.47 Å². The molecule has 33 heavy (non-hydrogen) atoms. The first kappa shape index (κ1) is 22.4. The lowest BCUT2D eigenvalue weighted by Gasteiger charge is -2.11. The number of aliphatic imine (C=N–C) groups is 1. The molecule has 7 heteroatoms. The van der Waals surface area contributed by atoms with Gasteiger partial charge in [-0.15, -0.1) is 0 Å². The maximum Gasteiger partial charge on any atom is 0.297 e. The van der Waals surface area contributed by atoms with Gasteiger partial charge in [0.25, 0.3) is 5.56 Å². The lowest BCUT2D eigenvalue weighted by Crippen LogP contribution is -2.19. The molecule has 3 aromatic carbocycles. The summed E-state index contributed by atoms with van der Waals surface area (Å²) in [6, 6.07) is 22.5. The van der Waals surface area contributed by atoms with Gasteiger partial charge in [0, 0.05) is 18.3 Å². The summed E-state index contributed by atoms with van der Waals surface area (Å²) in [4.78, 5) is 17.5. The summed E-state index contributed by atoms with van der Waals surface area (Å²) in [5.74, 6) is 1.20. The van der Waals surface area contributed by atoms with Gasteiger partial charge in [0.05, 0.1) is 18.5 Å². The molecule has 0 aliphatic rings. The molecule has 0 aliphatic heterocycles. The molecule has 0 fully saturated rings. The maximum absolute atomic E-state index is 13.0. The van der Waals surface area contributed by atoms with Crippen molar-refractivity contribution >= 4 is 23.5 Å². The van der Waals surface area contributed by atoms with E-state index in [-0.39, 0.29) is 5.56 Å². The van der Waals surface area contributed by atoms with Crippen LogP contribution in [0.5, 0.6) is 11.5 Å². The zero-order valence-corrected chi connectivity index (χ0v) is 19.4. The highest BCUT2D eigenvalue weighted by molar-refractivity contribution is 6.30. The van der Waals surface area contributed by atoms with Gasteiger partial charge in [-0.2, -0.15) is 0 Å². The van der Waals surface area contributed by atoms with E-state index >= 15 is 0 Å². The van der Waals surface area contributed by atoms with Crippen LogP contribution in [-0.4, -0.2) is 22.7 Å². The van der Waals surface area contributed by atoms with Gasteiger partial charge in [-0.1, -0.05) is 41.9 Å². The van der Waals surface area contributed by atoms with Crippen LogP contribution in [0.4, 0.5) is 5.69 Å². The Bertz CT molecular complexity index is 1340. The van der Waals surface area contributed by atoms with Crippen LogP contribution in [-0.2, 0) is 13.7 Å². The number of aromatic nitrogens is 2. The zero-order valence-electron chi connectivity index (χ0n) is 18.7. The zero-order chi connectivity index (χ0) is 23.4. The van der Waals surface area contributed by atoms with Crippen molar-refractivity contribution in [2.45, 2.75) is 13.5 Å². The molecule has 1 aromatic heterocycles. The SMILES string of the molecule is COc1cc(C=Nc2c(C)n(C)n(-c3ccccc3)c2=O)ccc1OCc1ccc(Cl)cc1. The molecule has 0 unspecified atom stereocenters. The summed E-state index contributed by atoms with van der Waals surface area (Å²) < 4.78 is 14.8. The van der Waals surface area contributed by atoms with Crippen LogP contribution in [0.3, 0.4) is 0 Å². The molecule has 0 radical (unpaired) electrons. The van der Waals surface area contributed by atoms with Gasteiger partial charge in [0.2, 0.25) is 0 Å². The first-order valence-corrected chi connectivity index (χ1v) is 10.8. The summed E-state index contributed by atoms with van der Waals surface area (Å²) in [6.07, 6.45) is 1.66. The number of hydrogen-bond acceptors (Lipinski definition) is 4. The van der Waals surface area contributed by atoms with E-state index in [0.717, 1.165) is 22.5 Å². The summed E-state index contributed by atoms with van der Waals surface area (Å²) in [5.41, 5.74) is 3.57. The molecule has 168 valence electrons. The van der Waals surface area contributed by atoms with Crippen molar-refractivity contribution in [2.75, 3.05) is 7.11 Å². The summed E-state index contributed by atoms with van der Waals surface area (Å²) >= 11 is 5.93. The smallest absolute Gasteiger partial charge is 0.297 e. The second-order valence-corrected chi connectivity index (χ2v) is 7.93. The van der Waals surface area contributed by atoms with E-state index in [4.69, 9.17) is 21.1 Å². The van der Waals surface area contributed by atoms with Crippen molar-refractivity contribution in [3.8, 4) is 17.2 Å². The van der Waals surface area contributed by atoms with Crippen molar-refractivity contribution in [1.82, 2.24) is 9.36 Å². The van der Waals surface area contributed by atoms with Crippen LogP contribution >= 0.6 is 11.6 Å². The molecule has 0 saturated carbocycles.